The molecule has 2 N–H and O–H groups in total. The molecule has 1 aromatic rings. The van der Waals surface area contributed by atoms with Gasteiger partial charge in [0.1, 0.15) is 11.9 Å². The Morgan fingerprint density at radius 3 is 3.04 bits per heavy atom. The Morgan fingerprint density at radius 2 is 2.35 bits per heavy atom. The maximum absolute atomic E-state index is 12.6. The average Bonchev–Trinajstić information content (AvgIpc) is 3.31. The first kappa shape index (κ1) is 15.0. The molecule has 2 bridgehead atoms. The van der Waals surface area contributed by atoms with Crippen LogP contribution >= 0.6 is 0 Å². The number of nitrogens with one attached hydrogen (secondary N) is 1. The number of rotatable bonds is 4. The molecule has 5 atom stereocenters. The summed E-state index contributed by atoms with van der Waals surface area (Å²) in [6, 6.07) is 3.75. The number of furan rings is 1. The molecule has 6 heteroatoms. The molecule has 6 nitrogen and oxygen atoms in total. The molecular weight excluding hydrogens is 296 g/mol. The van der Waals surface area contributed by atoms with Gasteiger partial charge in [0, 0.05) is 19.0 Å². The van der Waals surface area contributed by atoms with E-state index >= 15 is 0 Å². The minimum Gasteiger partial charge on any atom is -0.467 e. The zero-order chi connectivity index (χ0) is 15.8. The summed E-state index contributed by atoms with van der Waals surface area (Å²) >= 11 is 0. The van der Waals surface area contributed by atoms with E-state index in [2.05, 4.69) is 5.32 Å². The Labute approximate surface area is 135 Å². The third-order valence-electron chi connectivity index (χ3n) is 5.42. The molecular formula is C17H24N2O4. The second-order valence-corrected chi connectivity index (χ2v) is 6.92. The number of urea groups is 1. The van der Waals surface area contributed by atoms with Crippen molar-refractivity contribution in [1.82, 2.24) is 10.2 Å². The third kappa shape index (κ3) is 2.97. The number of hydrogen-bond donors (Lipinski definition) is 2. The first-order valence-electron chi connectivity index (χ1n) is 8.65. The van der Waals surface area contributed by atoms with Gasteiger partial charge in [-0.25, -0.2) is 4.79 Å². The number of nitrogens with zero attached hydrogens (tertiary/aromatic N) is 1. The molecule has 3 saturated heterocycles. The van der Waals surface area contributed by atoms with E-state index < -0.39 is 6.10 Å². The minimum atomic E-state index is -0.658. The maximum atomic E-state index is 12.6. The summed E-state index contributed by atoms with van der Waals surface area (Å²) in [6.07, 6.45) is 6.97. The smallest absolute Gasteiger partial charge is 0.317 e. The number of hydrogen-bond acceptors (Lipinski definition) is 4. The van der Waals surface area contributed by atoms with Crippen molar-refractivity contribution in [2.75, 3.05) is 6.54 Å². The number of likely N-dealkylation sites (tertiary alicyclic amines) is 1. The molecule has 0 unspecified atom stereocenters. The fourth-order valence-corrected chi connectivity index (χ4v) is 4.23. The van der Waals surface area contributed by atoms with Crippen molar-refractivity contribution in [2.45, 2.75) is 68.9 Å². The van der Waals surface area contributed by atoms with E-state index in [0.717, 1.165) is 38.6 Å². The van der Waals surface area contributed by atoms with E-state index in [1.54, 1.807) is 18.4 Å². The lowest BCUT2D eigenvalue weighted by Gasteiger charge is -2.29. The van der Waals surface area contributed by atoms with Crippen molar-refractivity contribution in [3.63, 3.8) is 0 Å². The van der Waals surface area contributed by atoms with Gasteiger partial charge in [-0.3, -0.25) is 0 Å². The van der Waals surface area contributed by atoms with Gasteiger partial charge in [0.25, 0.3) is 0 Å². The molecule has 4 heterocycles. The second-order valence-electron chi connectivity index (χ2n) is 6.92. The summed E-state index contributed by atoms with van der Waals surface area (Å²) < 4.78 is 11.1. The second kappa shape index (κ2) is 6.17. The van der Waals surface area contributed by atoms with Crippen LogP contribution in [0.3, 0.4) is 0 Å². The Bertz CT molecular complexity index is 547. The number of carbonyl (C=O) groups excluding carboxylic acids is 1. The lowest BCUT2D eigenvalue weighted by atomic mass is 9.96. The predicted octanol–water partition coefficient (Wildman–Crippen LogP) is 2.20. The van der Waals surface area contributed by atoms with Crippen LogP contribution in [-0.4, -0.2) is 46.9 Å². The number of fused-ring (bicyclic) bond motifs is 2. The predicted molar refractivity (Wildman–Crippen MR) is 82.8 cm³/mol. The van der Waals surface area contributed by atoms with Crippen LogP contribution in [0.1, 0.15) is 50.4 Å². The molecule has 3 aliphatic heterocycles. The van der Waals surface area contributed by atoms with Gasteiger partial charge in [-0.1, -0.05) is 0 Å². The zero-order valence-electron chi connectivity index (χ0n) is 13.2. The molecule has 0 aliphatic carbocycles. The fourth-order valence-electron chi connectivity index (χ4n) is 4.23. The highest BCUT2D eigenvalue weighted by Crippen LogP contribution is 2.35. The van der Waals surface area contributed by atoms with Crippen molar-refractivity contribution >= 4 is 6.03 Å². The monoisotopic (exact) mass is 320 g/mol. The lowest BCUT2D eigenvalue weighted by molar-refractivity contribution is 0.0937. The highest BCUT2D eigenvalue weighted by molar-refractivity contribution is 5.75. The Balaban J connectivity index is 1.34. The van der Waals surface area contributed by atoms with Gasteiger partial charge in [-0.15, -0.1) is 0 Å². The molecule has 0 spiro atoms. The van der Waals surface area contributed by atoms with Gasteiger partial charge >= 0.3 is 6.03 Å². The van der Waals surface area contributed by atoms with E-state index in [4.69, 9.17) is 9.15 Å². The van der Waals surface area contributed by atoms with Crippen LogP contribution in [0.5, 0.6) is 0 Å². The van der Waals surface area contributed by atoms with Gasteiger partial charge in [-0.2, -0.15) is 0 Å². The van der Waals surface area contributed by atoms with Crippen molar-refractivity contribution in [3.8, 4) is 0 Å². The normalized spacial score (nSPS) is 34.0. The molecule has 0 radical (unpaired) electrons. The topological polar surface area (TPSA) is 74.9 Å². The van der Waals surface area contributed by atoms with E-state index in [0.29, 0.717) is 18.3 Å². The average molecular weight is 320 g/mol. The van der Waals surface area contributed by atoms with E-state index in [9.17, 15) is 9.90 Å². The number of aliphatic hydroxyl groups is 1. The minimum absolute atomic E-state index is 0.0136. The molecule has 4 rings (SSSR count). The largest absolute Gasteiger partial charge is 0.467 e. The van der Waals surface area contributed by atoms with Gasteiger partial charge in [0.15, 0.2) is 0 Å². The highest BCUT2D eigenvalue weighted by atomic mass is 16.5. The summed E-state index contributed by atoms with van der Waals surface area (Å²) in [5.74, 6) is 0.568. The van der Waals surface area contributed by atoms with Gasteiger partial charge in [0.05, 0.1) is 24.5 Å². The van der Waals surface area contributed by atoms with Crippen LogP contribution in [0.15, 0.2) is 22.8 Å². The number of carbonyl (C=O) groups is 1. The molecule has 0 aromatic carbocycles. The maximum Gasteiger partial charge on any atom is 0.317 e. The molecule has 126 valence electrons. The van der Waals surface area contributed by atoms with Gasteiger partial charge in [0.2, 0.25) is 0 Å². The quantitative estimate of drug-likeness (QED) is 0.892. The molecule has 2 amide bonds. The van der Waals surface area contributed by atoms with Crippen LogP contribution in [0, 0.1) is 0 Å². The molecule has 23 heavy (non-hydrogen) atoms. The van der Waals surface area contributed by atoms with Crippen molar-refractivity contribution in [3.05, 3.63) is 24.2 Å². The third-order valence-corrected chi connectivity index (χ3v) is 5.42. The molecule has 0 saturated carbocycles. The first-order valence-corrected chi connectivity index (χ1v) is 8.65. The Kier molecular flexibility index (Phi) is 4.03. The summed E-state index contributed by atoms with van der Waals surface area (Å²) in [5, 5.41) is 13.4. The first-order chi connectivity index (χ1) is 11.2. The van der Waals surface area contributed by atoms with Crippen LogP contribution < -0.4 is 5.32 Å². The van der Waals surface area contributed by atoms with Crippen LogP contribution in [-0.2, 0) is 4.74 Å². The number of aliphatic hydroxyl groups excluding tert-OH is 1. The van der Waals surface area contributed by atoms with Crippen molar-refractivity contribution in [1.29, 1.82) is 0 Å². The summed E-state index contributed by atoms with van der Waals surface area (Å²) in [5.41, 5.74) is 0. The molecule has 3 fully saturated rings. The fraction of sp³-hybridized carbons (Fsp3) is 0.706. The van der Waals surface area contributed by atoms with Crippen LogP contribution in [0.25, 0.3) is 0 Å². The van der Waals surface area contributed by atoms with Crippen molar-refractivity contribution < 1.29 is 19.1 Å². The van der Waals surface area contributed by atoms with E-state index in [-0.39, 0.29) is 24.2 Å². The summed E-state index contributed by atoms with van der Waals surface area (Å²) in [7, 11) is 0. The molecule has 1 aromatic heterocycles. The van der Waals surface area contributed by atoms with Crippen LogP contribution in [0.2, 0.25) is 0 Å². The zero-order valence-corrected chi connectivity index (χ0v) is 13.2. The Morgan fingerprint density at radius 1 is 1.43 bits per heavy atom. The Hall–Kier alpha value is -1.53. The van der Waals surface area contributed by atoms with Gasteiger partial charge in [-0.05, 0) is 44.2 Å². The highest BCUT2D eigenvalue weighted by Gasteiger charge is 2.42. The van der Waals surface area contributed by atoms with E-state index in [1.807, 2.05) is 4.90 Å². The number of ether oxygens (including phenoxy) is 1. The summed E-state index contributed by atoms with van der Waals surface area (Å²) in [6.45, 7) is 0.753. The van der Waals surface area contributed by atoms with Crippen molar-refractivity contribution in [2.24, 2.45) is 0 Å². The van der Waals surface area contributed by atoms with Crippen LogP contribution in [0.4, 0.5) is 4.79 Å². The molecule has 3 aliphatic rings. The van der Waals surface area contributed by atoms with Gasteiger partial charge < -0.3 is 24.5 Å². The lowest BCUT2D eigenvalue weighted by Crippen LogP contribution is -2.49. The summed E-state index contributed by atoms with van der Waals surface area (Å²) in [4.78, 5) is 14.5. The van der Waals surface area contributed by atoms with E-state index in [1.165, 1.54) is 0 Å². The number of amides is 2. The standard InChI is InChI=1S/C17H24N2O4/c20-14(16-4-2-8-22-16)9-11-3-1-7-19(11)17(21)18-13-10-12-5-6-15(13)23-12/h2,4,8,11-15,20H,1,3,5-7,9-10H2,(H,18,21)/t11-,12+,13+,14-,15+/m0/s1. The SMILES string of the molecule is O=C(N[C@@H]1C[C@H]2CC[C@H]1O2)N1CCC[C@H]1C[C@H](O)c1ccco1.